The summed E-state index contributed by atoms with van der Waals surface area (Å²) in [5, 5.41) is 10.3. The van der Waals surface area contributed by atoms with E-state index in [0.29, 0.717) is 32.1 Å². The lowest BCUT2D eigenvalue weighted by molar-refractivity contribution is 0.0887. The molecule has 0 aromatic heterocycles. The summed E-state index contributed by atoms with van der Waals surface area (Å²) in [7, 11) is 1.97. The maximum absolute atomic E-state index is 10.3. The van der Waals surface area contributed by atoms with Gasteiger partial charge in [-0.3, -0.25) is 0 Å². The van der Waals surface area contributed by atoms with Crippen molar-refractivity contribution in [3.63, 3.8) is 0 Å². The van der Waals surface area contributed by atoms with Crippen molar-refractivity contribution in [3.05, 3.63) is 23.8 Å². The Morgan fingerprint density at radius 3 is 2.80 bits per heavy atom. The van der Waals surface area contributed by atoms with Gasteiger partial charge in [-0.1, -0.05) is 6.07 Å². The van der Waals surface area contributed by atoms with Gasteiger partial charge in [-0.05, 0) is 31.7 Å². The van der Waals surface area contributed by atoms with Gasteiger partial charge in [0.05, 0.1) is 12.7 Å². The molecule has 5 nitrogen and oxygen atoms in total. The second-order valence-corrected chi connectivity index (χ2v) is 4.88. The third kappa shape index (κ3) is 4.10. The molecule has 1 unspecified atom stereocenters. The molecule has 5 heteroatoms. The first kappa shape index (κ1) is 15.1. The van der Waals surface area contributed by atoms with Gasteiger partial charge in [-0.25, -0.2) is 0 Å². The zero-order valence-corrected chi connectivity index (χ0v) is 12.2. The van der Waals surface area contributed by atoms with Crippen molar-refractivity contribution in [2.24, 2.45) is 0 Å². The minimum atomic E-state index is -0.544. The molecule has 0 saturated heterocycles. The fourth-order valence-electron chi connectivity index (χ4n) is 2.12. The van der Waals surface area contributed by atoms with Gasteiger partial charge < -0.3 is 24.2 Å². The topological polar surface area (TPSA) is 51.2 Å². The predicted octanol–water partition coefficient (Wildman–Crippen LogP) is 1.46. The molecule has 0 bridgehead atoms. The van der Waals surface area contributed by atoms with E-state index in [2.05, 4.69) is 4.90 Å². The summed E-state index contributed by atoms with van der Waals surface area (Å²) in [4.78, 5) is 2.05. The van der Waals surface area contributed by atoms with Crippen LogP contribution in [-0.2, 0) is 4.74 Å². The lowest BCUT2D eigenvalue weighted by Gasteiger charge is -2.23. The quantitative estimate of drug-likeness (QED) is 0.767. The second kappa shape index (κ2) is 7.47. The van der Waals surface area contributed by atoms with Gasteiger partial charge in [0.2, 0.25) is 0 Å². The molecule has 1 aliphatic rings. The number of hydrogen-bond donors (Lipinski definition) is 1. The van der Waals surface area contributed by atoms with Gasteiger partial charge in [-0.2, -0.15) is 0 Å². The Labute approximate surface area is 120 Å². The molecule has 0 radical (unpaired) electrons. The number of likely N-dealkylation sites (N-methyl/N-ethyl adjacent to an activating group) is 1. The largest absolute Gasteiger partial charge is 0.486 e. The molecule has 2 rings (SSSR count). The minimum Gasteiger partial charge on any atom is -0.486 e. The number of rotatable bonds is 7. The molecular formula is C15H23NO4. The lowest BCUT2D eigenvalue weighted by atomic mass is 10.1. The third-order valence-corrected chi connectivity index (χ3v) is 3.26. The predicted molar refractivity (Wildman–Crippen MR) is 76.4 cm³/mol. The van der Waals surface area contributed by atoms with E-state index in [1.54, 1.807) is 0 Å². The van der Waals surface area contributed by atoms with Crippen molar-refractivity contribution < 1.29 is 19.3 Å². The van der Waals surface area contributed by atoms with Crippen LogP contribution in [0.2, 0.25) is 0 Å². The molecule has 0 saturated carbocycles. The third-order valence-electron chi connectivity index (χ3n) is 3.26. The number of nitrogens with zero attached hydrogens (tertiary/aromatic N) is 1. The van der Waals surface area contributed by atoms with E-state index < -0.39 is 6.10 Å². The summed E-state index contributed by atoms with van der Waals surface area (Å²) in [6.45, 7) is 5.88. The van der Waals surface area contributed by atoms with Crippen molar-refractivity contribution in [2.45, 2.75) is 13.0 Å². The Morgan fingerprint density at radius 2 is 2.05 bits per heavy atom. The van der Waals surface area contributed by atoms with Crippen molar-refractivity contribution in [1.29, 1.82) is 0 Å². The summed E-state index contributed by atoms with van der Waals surface area (Å²) in [5.74, 6) is 1.46. The molecule has 1 N–H and O–H groups in total. The fourth-order valence-corrected chi connectivity index (χ4v) is 2.12. The Balaban J connectivity index is 1.90. The van der Waals surface area contributed by atoms with Crippen LogP contribution in [0, 0.1) is 0 Å². The van der Waals surface area contributed by atoms with Crippen LogP contribution in [0.15, 0.2) is 18.2 Å². The number of ether oxygens (including phenoxy) is 3. The van der Waals surface area contributed by atoms with E-state index in [-0.39, 0.29) is 0 Å². The first-order chi connectivity index (χ1) is 9.70. The maximum atomic E-state index is 10.3. The second-order valence-electron chi connectivity index (χ2n) is 4.88. The van der Waals surface area contributed by atoms with Crippen molar-refractivity contribution in [1.82, 2.24) is 4.90 Å². The van der Waals surface area contributed by atoms with Gasteiger partial charge >= 0.3 is 0 Å². The molecule has 1 heterocycles. The summed E-state index contributed by atoms with van der Waals surface area (Å²) < 4.78 is 16.3. The zero-order chi connectivity index (χ0) is 14.4. The number of aliphatic hydroxyl groups excluding tert-OH is 1. The Hall–Kier alpha value is -1.30. The molecule has 1 aromatic carbocycles. The SMILES string of the molecule is CCOCCN(C)CC(O)c1ccc2c(c1)OCCO2. The van der Waals surface area contributed by atoms with E-state index in [0.717, 1.165) is 24.5 Å². The Bertz CT molecular complexity index is 424. The van der Waals surface area contributed by atoms with E-state index in [1.807, 2.05) is 32.2 Å². The monoisotopic (exact) mass is 281 g/mol. The summed E-state index contributed by atoms with van der Waals surface area (Å²) >= 11 is 0. The zero-order valence-electron chi connectivity index (χ0n) is 12.2. The number of benzene rings is 1. The number of aliphatic hydroxyl groups is 1. The van der Waals surface area contributed by atoms with Crippen molar-refractivity contribution in [2.75, 3.05) is 46.6 Å². The average molecular weight is 281 g/mol. The fraction of sp³-hybridized carbons (Fsp3) is 0.600. The molecule has 1 atom stereocenters. The van der Waals surface area contributed by atoms with Crippen molar-refractivity contribution >= 4 is 0 Å². The Kier molecular flexibility index (Phi) is 5.64. The van der Waals surface area contributed by atoms with E-state index in [1.165, 1.54) is 0 Å². The van der Waals surface area contributed by atoms with Crippen LogP contribution >= 0.6 is 0 Å². The van der Waals surface area contributed by atoms with Crippen LogP contribution < -0.4 is 9.47 Å². The van der Waals surface area contributed by atoms with Gasteiger partial charge in [-0.15, -0.1) is 0 Å². The van der Waals surface area contributed by atoms with E-state index in [4.69, 9.17) is 14.2 Å². The molecule has 112 valence electrons. The van der Waals surface area contributed by atoms with Crippen LogP contribution in [0.1, 0.15) is 18.6 Å². The number of hydrogen-bond acceptors (Lipinski definition) is 5. The smallest absolute Gasteiger partial charge is 0.161 e. The van der Waals surface area contributed by atoms with Gasteiger partial charge in [0.25, 0.3) is 0 Å². The maximum Gasteiger partial charge on any atom is 0.161 e. The molecule has 0 fully saturated rings. The summed E-state index contributed by atoms with van der Waals surface area (Å²) in [5.41, 5.74) is 0.845. The van der Waals surface area contributed by atoms with Crippen LogP contribution in [0.3, 0.4) is 0 Å². The lowest BCUT2D eigenvalue weighted by Crippen LogP contribution is -2.28. The average Bonchev–Trinajstić information content (AvgIpc) is 2.47. The minimum absolute atomic E-state index is 0.544. The number of fused-ring (bicyclic) bond motifs is 1. The van der Waals surface area contributed by atoms with Crippen LogP contribution in [0.4, 0.5) is 0 Å². The standard InChI is InChI=1S/C15H23NO4/c1-3-18-7-6-16(2)11-13(17)12-4-5-14-15(10-12)20-9-8-19-14/h4-5,10,13,17H,3,6-9,11H2,1-2H3. The first-order valence-electron chi connectivity index (χ1n) is 7.04. The van der Waals surface area contributed by atoms with E-state index in [9.17, 15) is 5.11 Å². The van der Waals surface area contributed by atoms with E-state index >= 15 is 0 Å². The van der Waals surface area contributed by atoms with Gasteiger partial charge in [0.1, 0.15) is 13.2 Å². The molecular weight excluding hydrogens is 258 g/mol. The molecule has 0 spiro atoms. The highest BCUT2D eigenvalue weighted by molar-refractivity contribution is 5.44. The Morgan fingerprint density at radius 1 is 1.30 bits per heavy atom. The highest BCUT2D eigenvalue weighted by Crippen LogP contribution is 2.32. The molecule has 1 aromatic rings. The molecule has 20 heavy (non-hydrogen) atoms. The molecule has 0 amide bonds. The highest BCUT2D eigenvalue weighted by atomic mass is 16.6. The van der Waals surface area contributed by atoms with Gasteiger partial charge in [0, 0.05) is 19.7 Å². The van der Waals surface area contributed by atoms with Crippen molar-refractivity contribution in [3.8, 4) is 11.5 Å². The van der Waals surface area contributed by atoms with Crippen LogP contribution in [0.5, 0.6) is 11.5 Å². The molecule has 1 aliphatic heterocycles. The van der Waals surface area contributed by atoms with Gasteiger partial charge in [0.15, 0.2) is 11.5 Å². The highest BCUT2D eigenvalue weighted by Gasteiger charge is 2.16. The summed E-state index contributed by atoms with van der Waals surface area (Å²) in [6.07, 6.45) is -0.544. The summed E-state index contributed by atoms with van der Waals surface area (Å²) in [6, 6.07) is 5.59. The molecule has 0 aliphatic carbocycles. The first-order valence-corrected chi connectivity index (χ1v) is 7.04. The van der Waals surface area contributed by atoms with Crippen LogP contribution in [0.25, 0.3) is 0 Å². The van der Waals surface area contributed by atoms with Crippen LogP contribution in [-0.4, -0.2) is 56.6 Å². The normalized spacial score (nSPS) is 15.4.